The minimum absolute atomic E-state index is 0.0821. The number of amides is 1. The molecule has 1 heterocycles. The first-order chi connectivity index (χ1) is 12.7. The minimum atomic E-state index is -1.35. The van der Waals surface area contributed by atoms with E-state index in [0.29, 0.717) is 18.5 Å². The Morgan fingerprint density at radius 3 is 2.52 bits per heavy atom. The smallest absolute Gasteiger partial charge is 0.266 e. The second kappa shape index (κ2) is 7.43. The lowest BCUT2D eigenvalue weighted by molar-refractivity contribution is -0.146. The van der Waals surface area contributed by atoms with Crippen LogP contribution in [0.5, 0.6) is 5.75 Å². The number of carbonyl (C=O) groups is 1. The number of likely N-dealkylation sites (tertiary alicyclic amines) is 1. The summed E-state index contributed by atoms with van der Waals surface area (Å²) in [5.74, 6) is -2.99. The first-order valence-electron chi connectivity index (χ1n) is 8.59. The summed E-state index contributed by atoms with van der Waals surface area (Å²) >= 11 is 5.74. The van der Waals surface area contributed by atoms with Gasteiger partial charge in [0.25, 0.3) is 5.91 Å². The zero-order chi connectivity index (χ0) is 19.8. The zero-order valence-corrected chi connectivity index (χ0v) is 15.7. The van der Waals surface area contributed by atoms with E-state index in [1.807, 2.05) is 0 Å². The fourth-order valence-electron chi connectivity index (χ4n) is 3.30. The van der Waals surface area contributed by atoms with Gasteiger partial charge in [0, 0.05) is 11.6 Å². The predicted molar refractivity (Wildman–Crippen MR) is 96.2 cm³/mol. The van der Waals surface area contributed by atoms with E-state index >= 15 is 0 Å². The van der Waals surface area contributed by atoms with Crippen LogP contribution in [0.1, 0.15) is 38.3 Å². The van der Waals surface area contributed by atoms with Crippen molar-refractivity contribution < 1.29 is 22.7 Å². The number of carbonyl (C=O) groups excluding carboxylic acids is 1. The standard InChI is InChI=1S/C20H19ClF3NO2/c1-20(2,27-18-8-6-13(21)11-16(18)24)19(26)25-9-3-4-17(25)12-5-7-14(22)15(23)10-12/h5-8,10-11,17H,3-4,9H2,1-2H3/t17-/m0/s1. The fraction of sp³-hybridized carbons (Fsp3) is 0.350. The van der Waals surface area contributed by atoms with Crippen LogP contribution < -0.4 is 4.74 Å². The van der Waals surface area contributed by atoms with Crippen LogP contribution >= 0.6 is 11.6 Å². The lowest BCUT2D eigenvalue weighted by Gasteiger charge is -2.33. The Kier molecular flexibility index (Phi) is 5.38. The number of ether oxygens (including phenoxy) is 1. The van der Waals surface area contributed by atoms with Crippen molar-refractivity contribution in [2.24, 2.45) is 0 Å². The van der Waals surface area contributed by atoms with Crippen molar-refractivity contribution in [1.82, 2.24) is 4.90 Å². The van der Waals surface area contributed by atoms with Crippen molar-refractivity contribution in [3.63, 3.8) is 0 Å². The van der Waals surface area contributed by atoms with Crippen LogP contribution in [0.25, 0.3) is 0 Å². The third-order valence-corrected chi connectivity index (χ3v) is 4.85. The normalized spacial score (nSPS) is 17.3. The van der Waals surface area contributed by atoms with E-state index in [2.05, 4.69) is 0 Å². The number of rotatable bonds is 4. The molecule has 1 saturated heterocycles. The third kappa shape index (κ3) is 4.05. The minimum Gasteiger partial charge on any atom is -0.475 e. The number of halogens is 4. The van der Waals surface area contributed by atoms with Crippen LogP contribution in [-0.2, 0) is 4.79 Å². The summed E-state index contributed by atoms with van der Waals surface area (Å²) in [6.45, 7) is 3.55. The topological polar surface area (TPSA) is 29.5 Å². The summed E-state index contributed by atoms with van der Waals surface area (Å²) in [6, 6.07) is 7.20. The quantitative estimate of drug-likeness (QED) is 0.702. The summed E-state index contributed by atoms with van der Waals surface area (Å²) in [4.78, 5) is 14.6. The Morgan fingerprint density at radius 2 is 1.85 bits per heavy atom. The van der Waals surface area contributed by atoms with Crippen molar-refractivity contribution in [2.45, 2.75) is 38.3 Å². The maximum atomic E-state index is 14.0. The summed E-state index contributed by atoms with van der Waals surface area (Å²) in [5, 5.41) is 0.224. The molecule has 0 spiro atoms. The zero-order valence-electron chi connectivity index (χ0n) is 14.9. The molecule has 0 N–H and O–H groups in total. The molecule has 27 heavy (non-hydrogen) atoms. The average molecular weight is 398 g/mol. The molecule has 0 aliphatic carbocycles. The molecule has 0 radical (unpaired) electrons. The first-order valence-corrected chi connectivity index (χ1v) is 8.97. The molecular formula is C20H19ClF3NO2. The molecule has 0 saturated carbocycles. The SMILES string of the molecule is CC(C)(Oc1ccc(Cl)cc1F)C(=O)N1CCC[C@H]1c1ccc(F)c(F)c1. The van der Waals surface area contributed by atoms with Crippen LogP contribution in [0, 0.1) is 17.5 Å². The highest BCUT2D eigenvalue weighted by atomic mass is 35.5. The van der Waals surface area contributed by atoms with Gasteiger partial charge >= 0.3 is 0 Å². The van der Waals surface area contributed by atoms with Crippen molar-refractivity contribution in [2.75, 3.05) is 6.54 Å². The monoisotopic (exact) mass is 397 g/mol. The van der Waals surface area contributed by atoms with Gasteiger partial charge in [0.05, 0.1) is 6.04 Å². The Labute approximate surface area is 160 Å². The Hall–Kier alpha value is -2.21. The molecule has 0 aromatic heterocycles. The molecule has 1 aliphatic rings. The van der Waals surface area contributed by atoms with E-state index in [1.165, 1.54) is 18.2 Å². The van der Waals surface area contributed by atoms with Crippen molar-refractivity contribution in [1.29, 1.82) is 0 Å². The van der Waals surface area contributed by atoms with Gasteiger partial charge in [0.15, 0.2) is 28.8 Å². The van der Waals surface area contributed by atoms with Crippen LogP contribution in [0.3, 0.4) is 0 Å². The molecular weight excluding hydrogens is 379 g/mol. The van der Waals surface area contributed by atoms with Gasteiger partial charge in [-0.3, -0.25) is 4.79 Å². The third-order valence-electron chi connectivity index (χ3n) is 4.62. The molecule has 1 fully saturated rings. The van der Waals surface area contributed by atoms with Gasteiger partial charge < -0.3 is 9.64 Å². The summed E-state index contributed by atoms with van der Waals surface area (Å²) in [7, 11) is 0. The highest BCUT2D eigenvalue weighted by Crippen LogP contribution is 2.35. The predicted octanol–water partition coefficient (Wildman–Crippen LogP) is 5.28. The van der Waals surface area contributed by atoms with E-state index in [0.717, 1.165) is 24.6 Å². The van der Waals surface area contributed by atoms with Gasteiger partial charge in [0.2, 0.25) is 0 Å². The highest BCUT2D eigenvalue weighted by molar-refractivity contribution is 6.30. The lowest BCUT2D eigenvalue weighted by atomic mass is 10.0. The van der Waals surface area contributed by atoms with Gasteiger partial charge in [-0.1, -0.05) is 17.7 Å². The van der Waals surface area contributed by atoms with Gasteiger partial charge in [-0.2, -0.15) is 0 Å². The Morgan fingerprint density at radius 1 is 1.11 bits per heavy atom. The maximum Gasteiger partial charge on any atom is 0.266 e. The molecule has 0 bridgehead atoms. The van der Waals surface area contributed by atoms with Crippen LogP contribution in [0.15, 0.2) is 36.4 Å². The first kappa shape index (κ1) is 19.5. The maximum absolute atomic E-state index is 14.0. The van der Waals surface area contributed by atoms with E-state index in [4.69, 9.17) is 16.3 Å². The van der Waals surface area contributed by atoms with Crippen molar-refractivity contribution >= 4 is 17.5 Å². The second-order valence-electron chi connectivity index (χ2n) is 7.02. The van der Waals surface area contributed by atoms with Gasteiger partial charge in [-0.15, -0.1) is 0 Å². The van der Waals surface area contributed by atoms with Crippen LogP contribution in [0.4, 0.5) is 13.2 Å². The largest absolute Gasteiger partial charge is 0.475 e. The van der Waals surface area contributed by atoms with E-state index in [1.54, 1.807) is 18.7 Å². The molecule has 3 nitrogen and oxygen atoms in total. The molecule has 2 aromatic rings. The summed E-state index contributed by atoms with van der Waals surface area (Å²) < 4.78 is 46.5. The van der Waals surface area contributed by atoms with E-state index in [-0.39, 0.29) is 22.7 Å². The molecule has 0 unspecified atom stereocenters. The number of hydrogen-bond donors (Lipinski definition) is 0. The van der Waals surface area contributed by atoms with Crippen molar-refractivity contribution in [3.05, 3.63) is 64.4 Å². The lowest BCUT2D eigenvalue weighted by Crippen LogP contribution is -2.48. The second-order valence-corrected chi connectivity index (χ2v) is 7.45. The van der Waals surface area contributed by atoms with E-state index < -0.39 is 23.1 Å². The molecule has 1 aliphatic heterocycles. The Bertz CT molecular complexity index is 872. The molecule has 144 valence electrons. The van der Waals surface area contributed by atoms with Gasteiger partial charge in [-0.25, -0.2) is 13.2 Å². The molecule has 1 atom stereocenters. The van der Waals surface area contributed by atoms with Gasteiger partial charge in [-0.05, 0) is 62.6 Å². The van der Waals surface area contributed by atoms with Gasteiger partial charge in [0.1, 0.15) is 0 Å². The summed E-state index contributed by atoms with van der Waals surface area (Å²) in [6.07, 6.45) is 1.35. The van der Waals surface area contributed by atoms with Crippen molar-refractivity contribution in [3.8, 4) is 5.75 Å². The highest BCUT2D eigenvalue weighted by Gasteiger charge is 2.40. The van der Waals surface area contributed by atoms with Crippen LogP contribution in [0.2, 0.25) is 5.02 Å². The van der Waals surface area contributed by atoms with E-state index in [9.17, 15) is 18.0 Å². The summed E-state index contributed by atoms with van der Waals surface area (Å²) in [5.41, 5.74) is -0.830. The number of nitrogens with zero attached hydrogens (tertiary/aromatic N) is 1. The average Bonchev–Trinajstić information content (AvgIpc) is 3.08. The number of benzene rings is 2. The molecule has 1 amide bonds. The molecule has 3 rings (SSSR count). The molecule has 2 aromatic carbocycles. The Balaban J connectivity index is 1.82. The number of hydrogen-bond acceptors (Lipinski definition) is 2. The molecule has 7 heteroatoms. The fourth-order valence-corrected chi connectivity index (χ4v) is 3.46. The van der Waals surface area contributed by atoms with Crippen LogP contribution in [-0.4, -0.2) is 23.0 Å².